The Morgan fingerprint density at radius 2 is 2.14 bits per heavy atom. The van der Waals surface area contributed by atoms with E-state index in [2.05, 4.69) is 20.9 Å². The zero-order valence-corrected chi connectivity index (χ0v) is 14.5. The molecule has 1 aromatic heterocycles. The fourth-order valence-corrected chi connectivity index (χ4v) is 4.53. The first kappa shape index (κ1) is 15.8. The molecule has 0 bridgehead atoms. The number of benzene rings is 1. The summed E-state index contributed by atoms with van der Waals surface area (Å²) in [4.78, 5) is 18.0. The molecule has 2 aliphatic rings. The number of nitrogens with zero attached hydrogens (tertiary/aromatic N) is 1. The van der Waals surface area contributed by atoms with E-state index in [0.29, 0.717) is 11.8 Å². The van der Waals surface area contributed by atoms with Crippen molar-refractivity contribution >= 4 is 45.1 Å². The second kappa shape index (κ2) is 5.87. The molecule has 118 valence electrons. The summed E-state index contributed by atoms with van der Waals surface area (Å²) >= 11 is 3.55. The summed E-state index contributed by atoms with van der Waals surface area (Å²) in [6, 6.07) is 6.20. The van der Waals surface area contributed by atoms with Crippen molar-refractivity contribution in [2.45, 2.75) is 18.9 Å². The highest BCUT2D eigenvalue weighted by Crippen LogP contribution is 2.38. The number of aromatic nitrogens is 1. The maximum absolute atomic E-state index is 12.9. The van der Waals surface area contributed by atoms with E-state index in [1.165, 1.54) is 0 Å². The average molecular weight is 385 g/mol. The summed E-state index contributed by atoms with van der Waals surface area (Å²) in [5, 5.41) is 0.976. The van der Waals surface area contributed by atoms with Crippen LogP contribution in [0.15, 0.2) is 28.9 Å². The number of carbonyl (C=O) groups is 1. The minimum absolute atomic E-state index is 0. The van der Waals surface area contributed by atoms with Crippen molar-refractivity contribution in [1.82, 2.24) is 9.88 Å². The molecule has 6 heteroatoms. The molecular formula is C16H19BrClN3O. The summed E-state index contributed by atoms with van der Waals surface area (Å²) < 4.78 is 0.959. The fraction of sp³-hybridized carbons (Fsp3) is 0.438. The van der Waals surface area contributed by atoms with E-state index in [1.54, 1.807) is 0 Å². The number of hydrogen-bond donors (Lipinski definition) is 2. The Balaban J connectivity index is 0.00000144. The summed E-state index contributed by atoms with van der Waals surface area (Å²) in [6.45, 7) is 1.66. The topological polar surface area (TPSA) is 62.1 Å². The molecule has 1 saturated carbocycles. The number of H-pyrrole nitrogens is 1. The van der Waals surface area contributed by atoms with E-state index in [1.807, 2.05) is 29.3 Å². The van der Waals surface area contributed by atoms with Gasteiger partial charge in [0.05, 0.1) is 5.56 Å². The number of fused-ring (bicyclic) bond motifs is 2. The van der Waals surface area contributed by atoms with E-state index in [4.69, 9.17) is 5.73 Å². The van der Waals surface area contributed by atoms with Crippen LogP contribution in [0.3, 0.4) is 0 Å². The largest absolute Gasteiger partial charge is 0.360 e. The lowest BCUT2D eigenvalue weighted by molar-refractivity contribution is 0.0781. The van der Waals surface area contributed by atoms with Gasteiger partial charge in [-0.15, -0.1) is 12.4 Å². The van der Waals surface area contributed by atoms with Crippen molar-refractivity contribution in [2.75, 3.05) is 13.1 Å². The van der Waals surface area contributed by atoms with Crippen molar-refractivity contribution in [3.8, 4) is 0 Å². The molecule has 2 fully saturated rings. The lowest BCUT2D eigenvalue weighted by Crippen LogP contribution is -2.33. The number of halogens is 2. The molecule has 2 aromatic rings. The molecule has 1 saturated heterocycles. The zero-order chi connectivity index (χ0) is 14.6. The zero-order valence-electron chi connectivity index (χ0n) is 12.1. The quantitative estimate of drug-likeness (QED) is 0.793. The van der Waals surface area contributed by atoms with Crippen molar-refractivity contribution in [3.63, 3.8) is 0 Å². The number of likely N-dealkylation sites (tertiary alicyclic amines) is 1. The maximum atomic E-state index is 12.9. The van der Waals surface area contributed by atoms with Crippen LogP contribution in [0.1, 0.15) is 23.2 Å². The van der Waals surface area contributed by atoms with Crippen LogP contribution in [-0.2, 0) is 0 Å². The molecule has 1 amide bonds. The molecule has 1 aliphatic carbocycles. The van der Waals surface area contributed by atoms with Crippen LogP contribution in [0.2, 0.25) is 0 Å². The van der Waals surface area contributed by atoms with E-state index in [9.17, 15) is 4.79 Å². The van der Waals surface area contributed by atoms with Crippen LogP contribution in [0, 0.1) is 11.8 Å². The third-order valence-electron chi connectivity index (χ3n) is 5.08. The van der Waals surface area contributed by atoms with Gasteiger partial charge in [-0.1, -0.05) is 22.0 Å². The molecule has 0 radical (unpaired) electrons. The molecule has 1 aliphatic heterocycles. The van der Waals surface area contributed by atoms with Crippen molar-refractivity contribution in [2.24, 2.45) is 17.6 Å². The summed E-state index contributed by atoms with van der Waals surface area (Å²) in [5.74, 6) is 1.20. The van der Waals surface area contributed by atoms with Gasteiger partial charge < -0.3 is 15.6 Å². The predicted molar refractivity (Wildman–Crippen MR) is 93.3 cm³/mol. The lowest BCUT2D eigenvalue weighted by Gasteiger charge is -2.18. The Hall–Kier alpha value is -1.04. The van der Waals surface area contributed by atoms with Gasteiger partial charge in [-0.3, -0.25) is 4.79 Å². The second-order valence-electron chi connectivity index (χ2n) is 6.24. The molecule has 4 rings (SSSR count). The first-order valence-corrected chi connectivity index (χ1v) is 8.25. The molecule has 3 atom stereocenters. The molecular weight excluding hydrogens is 366 g/mol. The highest BCUT2D eigenvalue weighted by molar-refractivity contribution is 9.10. The van der Waals surface area contributed by atoms with Gasteiger partial charge in [0.15, 0.2) is 0 Å². The summed E-state index contributed by atoms with van der Waals surface area (Å²) in [6.07, 6.45) is 4.09. The summed E-state index contributed by atoms with van der Waals surface area (Å²) in [7, 11) is 0. The Kier molecular flexibility index (Phi) is 4.23. The van der Waals surface area contributed by atoms with E-state index in [0.717, 1.165) is 46.9 Å². The molecule has 2 heterocycles. The minimum Gasteiger partial charge on any atom is -0.360 e. The number of carbonyl (C=O) groups excluding carboxylic acids is 1. The van der Waals surface area contributed by atoms with Crippen molar-refractivity contribution in [3.05, 3.63) is 34.4 Å². The van der Waals surface area contributed by atoms with E-state index in [-0.39, 0.29) is 24.4 Å². The predicted octanol–water partition coefficient (Wildman–Crippen LogP) is 3.16. The van der Waals surface area contributed by atoms with Crippen LogP contribution in [-0.4, -0.2) is 34.9 Å². The Bertz CT molecular complexity index is 716. The molecule has 3 N–H and O–H groups in total. The highest BCUT2D eigenvalue weighted by atomic mass is 79.9. The van der Waals surface area contributed by atoms with Crippen LogP contribution in [0.4, 0.5) is 0 Å². The van der Waals surface area contributed by atoms with Gasteiger partial charge in [0.25, 0.3) is 5.91 Å². The van der Waals surface area contributed by atoms with Gasteiger partial charge in [0.2, 0.25) is 0 Å². The fourth-order valence-electron chi connectivity index (χ4n) is 3.95. The van der Waals surface area contributed by atoms with Gasteiger partial charge in [-0.05, 0) is 36.8 Å². The van der Waals surface area contributed by atoms with E-state index < -0.39 is 0 Å². The highest BCUT2D eigenvalue weighted by Gasteiger charge is 2.42. The van der Waals surface area contributed by atoms with Crippen molar-refractivity contribution in [1.29, 1.82) is 0 Å². The van der Waals surface area contributed by atoms with Crippen molar-refractivity contribution < 1.29 is 4.79 Å². The standard InChI is InChI=1S/C16H18BrN3O.ClH/c17-12-2-1-3-14-15(12)10(6-19-14)16(21)20-7-9-4-5-13(18)11(9)8-20;/h1-3,6,9,11,13,19H,4-5,7-8,18H2;1H. The van der Waals surface area contributed by atoms with Gasteiger partial charge in [0.1, 0.15) is 0 Å². The SMILES string of the molecule is Cl.NC1CCC2CN(C(=O)c3c[nH]c4cccc(Br)c34)CC12. The molecule has 0 spiro atoms. The Morgan fingerprint density at radius 3 is 2.91 bits per heavy atom. The normalized spacial score (nSPS) is 27.0. The molecule has 22 heavy (non-hydrogen) atoms. The first-order valence-electron chi connectivity index (χ1n) is 7.45. The summed E-state index contributed by atoms with van der Waals surface area (Å²) in [5.41, 5.74) is 7.91. The van der Waals surface area contributed by atoms with Crippen LogP contribution >= 0.6 is 28.3 Å². The third-order valence-corrected chi connectivity index (χ3v) is 5.75. The van der Waals surface area contributed by atoms with E-state index >= 15 is 0 Å². The van der Waals surface area contributed by atoms with Gasteiger partial charge >= 0.3 is 0 Å². The Labute approximate surface area is 144 Å². The second-order valence-corrected chi connectivity index (χ2v) is 7.09. The smallest absolute Gasteiger partial charge is 0.256 e. The number of nitrogens with two attached hydrogens (primary N) is 1. The average Bonchev–Trinajstić information content (AvgIpc) is 3.15. The number of aromatic amines is 1. The lowest BCUT2D eigenvalue weighted by atomic mass is 9.98. The molecule has 3 unspecified atom stereocenters. The molecule has 1 aromatic carbocycles. The number of hydrogen-bond acceptors (Lipinski definition) is 2. The van der Waals surface area contributed by atoms with Crippen LogP contribution in [0.5, 0.6) is 0 Å². The monoisotopic (exact) mass is 383 g/mol. The van der Waals surface area contributed by atoms with Crippen LogP contribution in [0.25, 0.3) is 10.9 Å². The Morgan fingerprint density at radius 1 is 1.32 bits per heavy atom. The number of nitrogens with one attached hydrogen (secondary N) is 1. The maximum Gasteiger partial charge on any atom is 0.256 e. The minimum atomic E-state index is 0. The van der Waals surface area contributed by atoms with Gasteiger partial charge in [0, 0.05) is 40.7 Å². The number of rotatable bonds is 1. The number of amides is 1. The third kappa shape index (κ3) is 2.36. The van der Waals surface area contributed by atoms with Gasteiger partial charge in [-0.2, -0.15) is 0 Å². The molecule has 4 nitrogen and oxygen atoms in total. The van der Waals surface area contributed by atoms with Gasteiger partial charge in [-0.25, -0.2) is 0 Å². The first-order chi connectivity index (χ1) is 10.1. The van der Waals surface area contributed by atoms with Crippen LogP contribution < -0.4 is 5.73 Å².